The predicted molar refractivity (Wildman–Crippen MR) is 59.0 cm³/mol. The SMILES string of the molecule is CCCc1nccc(C)c1NC(=O)OC. The topological polar surface area (TPSA) is 51.2 Å². The van der Waals surface area contributed by atoms with Crippen LogP contribution < -0.4 is 5.32 Å². The second kappa shape index (κ2) is 5.34. The molecule has 0 bridgehead atoms. The molecule has 1 rings (SSSR count). The lowest BCUT2D eigenvalue weighted by Crippen LogP contribution is -2.14. The van der Waals surface area contributed by atoms with Gasteiger partial charge in [0.25, 0.3) is 0 Å². The van der Waals surface area contributed by atoms with Crippen molar-refractivity contribution in [2.45, 2.75) is 26.7 Å². The van der Waals surface area contributed by atoms with Gasteiger partial charge in [0.1, 0.15) is 0 Å². The lowest BCUT2D eigenvalue weighted by molar-refractivity contribution is 0.187. The van der Waals surface area contributed by atoms with E-state index in [2.05, 4.69) is 22.0 Å². The molecule has 0 aliphatic heterocycles. The molecule has 1 aromatic heterocycles. The van der Waals surface area contributed by atoms with Crippen LogP contribution in [0.5, 0.6) is 0 Å². The molecule has 0 radical (unpaired) electrons. The number of aromatic nitrogens is 1. The fourth-order valence-electron chi connectivity index (χ4n) is 1.36. The molecule has 4 nitrogen and oxygen atoms in total. The standard InChI is InChI=1S/C11H16N2O2/c1-4-5-9-10(13-11(14)15-3)8(2)6-7-12-9/h6-7H,4-5H2,1-3H3,(H,13,14). The van der Waals surface area contributed by atoms with Crippen molar-refractivity contribution in [3.8, 4) is 0 Å². The Hall–Kier alpha value is -1.58. The second-order valence-corrected chi connectivity index (χ2v) is 3.32. The first kappa shape index (κ1) is 11.5. The molecule has 0 aliphatic rings. The number of aryl methyl sites for hydroxylation is 2. The minimum absolute atomic E-state index is 0.455. The maximum atomic E-state index is 11.1. The Bertz CT molecular complexity index is 350. The molecule has 0 spiro atoms. The number of carbonyl (C=O) groups is 1. The van der Waals surface area contributed by atoms with Crippen molar-refractivity contribution in [1.29, 1.82) is 0 Å². The fraction of sp³-hybridized carbons (Fsp3) is 0.455. The summed E-state index contributed by atoms with van der Waals surface area (Å²) in [7, 11) is 1.35. The number of ether oxygens (including phenoxy) is 1. The van der Waals surface area contributed by atoms with Gasteiger partial charge in [0.2, 0.25) is 0 Å². The molecule has 1 heterocycles. The van der Waals surface area contributed by atoms with E-state index in [-0.39, 0.29) is 0 Å². The van der Waals surface area contributed by atoms with Gasteiger partial charge in [0.05, 0.1) is 18.5 Å². The molecule has 0 saturated heterocycles. The quantitative estimate of drug-likeness (QED) is 0.830. The summed E-state index contributed by atoms with van der Waals surface area (Å²) in [6.45, 7) is 4.01. The highest BCUT2D eigenvalue weighted by atomic mass is 16.5. The maximum absolute atomic E-state index is 11.1. The van der Waals surface area contributed by atoms with Crippen molar-refractivity contribution in [3.05, 3.63) is 23.5 Å². The van der Waals surface area contributed by atoms with Gasteiger partial charge < -0.3 is 4.74 Å². The molecule has 82 valence electrons. The number of hydrogen-bond donors (Lipinski definition) is 1. The average molecular weight is 208 g/mol. The van der Waals surface area contributed by atoms with Crippen LogP contribution in [0.2, 0.25) is 0 Å². The Morgan fingerprint density at radius 3 is 2.93 bits per heavy atom. The number of carbonyl (C=O) groups excluding carboxylic acids is 1. The van der Waals surface area contributed by atoms with E-state index >= 15 is 0 Å². The highest BCUT2D eigenvalue weighted by molar-refractivity contribution is 5.86. The third kappa shape index (κ3) is 2.94. The summed E-state index contributed by atoms with van der Waals surface area (Å²) in [4.78, 5) is 15.4. The third-order valence-electron chi connectivity index (χ3n) is 2.14. The highest BCUT2D eigenvalue weighted by Crippen LogP contribution is 2.19. The van der Waals surface area contributed by atoms with Gasteiger partial charge >= 0.3 is 6.09 Å². The van der Waals surface area contributed by atoms with Crippen LogP contribution >= 0.6 is 0 Å². The molecule has 15 heavy (non-hydrogen) atoms. The summed E-state index contributed by atoms with van der Waals surface area (Å²) in [5.74, 6) is 0. The Morgan fingerprint density at radius 1 is 1.60 bits per heavy atom. The summed E-state index contributed by atoms with van der Waals surface area (Å²) in [5.41, 5.74) is 2.67. The normalized spacial score (nSPS) is 9.80. The van der Waals surface area contributed by atoms with Gasteiger partial charge in [-0.15, -0.1) is 0 Å². The lowest BCUT2D eigenvalue weighted by atomic mass is 10.1. The van der Waals surface area contributed by atoms with Crippen molar-refractivity contribution in [2.75, 3.05) is 12.4 Å². The zero-order valence-electron chi connectivity index (χ0n) is 9.33. The molecule has 0 saturated carbocycles. The Kier molecular flexibility index (Phi) is 4.09. The molecule has 1 N–H and O–H groups in total. The van der Waals surface area contributed by atoms with E-state index < -0.39 is 6.09 Å². The molecule has 0 aliphatic carbocycles. The number of nitrogens with zero attached hydrogens (tertiary/aromatic N) is 1. The fourth-order valence-corrected chi connectivity index (χ4v) is 1.36. The number of hydrogen-bond acceptors (Lipinski definition) is 3. The maximum Gasteiger partial charge on any atom is 0.411 e. The largest absolute Gasteiger partial charge is 0.453 e. The van der Waals surface area contributed by atoms with Crippen LogP contribution in [0.1, 0.15) is 24.6 Å². The first-order valence-electron chi connectivity index (χ1n) is 4.98. The van der Waals surface area contributed by atoms with Crippen LogP contribution in [-0.4, -0.2) is 18.2 Å². The Balaban J connectivity index is 2.96. The van der Waals surface area contributed by atoms with Gasteiger partial charge in [-0.3, -0.25) is 10.3 Å². The van der Waals surface area contributed by atoms with E-state index in [9.17, 15) is 4.79 Å². The summed E-state index contributed by atoms with van der Waals surface area (Å²) in [6, 6.07) is 1.87. The number of pyridine rings is 1. The molecule has 0 unspecified atom stereocenters. The summed E-state index contributed by atoms with van der Waals surface area (Å²) in [6.07, 6.45) is 3.14. The zero-order valence-corrected chi connectivity index (χ0v) is 9.33. The second-order valence-electron chi connectivity index (χ2n) is 3.32. The van der Waals surface area contributed by atoms with Gasteiger partial charge in [-0.05, 0) is 25.0 Å². The smallest absolute Gasteiger partial charge is 0.411 e. The van der Waals surface area contributed by atoms with E-state index in [0.29, 0.717) is 0 Å². The minimum Gasteiger partial charge on any atom is -0.453 e. The van der Waals surface area contributed by atoms with E-state index in [1.807, 2.05) is 13.0 Å². The van der Waals surface area contributed by atoms with Crippen molar-refractivity contribution >= 4 is 11.8 Å². The van der Waals surface area contributed by atoms with Crippen LogP contribution in [0, 0.1) is 6.92 Å². The number of amides is 1. The minimum atomic E-state index is -0.455. The van der Waals surface area contributed by atoms with E-state index in [0.717, 1.165) is 29.8 Å². The monoisotopic (exact) mass is 208 g/mol. The van der Waals surface area contributed by atoms with Crippen molar-refractivity contribution in [1.82, 2.24) is 4.98 Å². The van der Waals surface area contributed by atoms with Crippen LogP contribution in [-0.2, 0) is 11.2 Å². The van der Waals surface area contributed by atoms with Gasteiger partial charge in [-0.1, -0.05) is 13.3 Å². The molecule has 4 heteroatoms. The van der Waals surface area contributed by atoms with Crippen molar-refractivity contribution in [3.63, 3.8) is 0 Å². The zero-order chi connectivity index (χ0) is 11.3. The molecule has 1 aromatic rings. The number of anilines is 1. The first-order chi connectivity index (χ1) is 7.19. The summed E-state index contributed by atoms with van der Waals surface area (Å²) < 4.78 is 4.56. The van der Waals surface area contributed by atoms with Gasteiger partial charge in [-0.25, -0.2) is 4.79 Å². The highest BCUT2D eigenvalue weighted by Gasteiger charge is 2.09. The van der Waals surface area contributed by atoms with Crippen molar-refractivity contribution in [2.24, 2.45) is 0 Å². The van der Waals surface area contributed by atoms with Gasteiger partial charge in [0, 0.05) is 6.20 Å². The van der Waals surface area contributed by atoms with Crippen LogP contribution in [0.3, 0.4) is 0 Å². The lowest BCUT2D eigenvalue weighted by Gasteiger charge is -2.11. The van der Waals surface area contributed by atoms with E-state index in [1.165, 1.54) is 7.11 Å². The van der Waals surface area contributed by atoms with E-state index in [1.54, 1.807) is 6.20 Å². The molecular formula is C11H16N2O2. The van der Waals surface area contributed by atoms with Crippen molar-refractivity contribution < 1.29 is 9.53 Å². The first-order valence-corrected chi connectivity index (χ1v) is 4.98. The number of methoxy groups -OCH3 is 1. The Labute approximate surface area is 89.7 Å². The summed E-state index contributed by atoms with van der Waals surface area (Å²) in [5, 5.41) is 2.69. The number of nitrogens with one attached hydrogen (secondary N) is 1. The van der Waals surface area contributed by atoms with Gasteiger partial charge in [0.15, 0.2) is 0 Å². The van der Waals surface area contributed by atoms with Crippen LogP contribution in [0.4, 0.5) is 10.5 Å². The molecule has 0 fully saturated rings. The number of rotatable bonds is 3. The Morgan fingerprint density at radius 2 is 2.33 bits per heavy atom. The third-order valence-corrected chi connectivity index (χ3v) is 2.14. The molecular weight excluding hydrogens is 192 g/mol. The predicted octanol–water partition coefficient (Wildman–Crippen LogP) is 2.52. The molecule has 1 amide bonds. The molecule has 0 atom stereocenters. The van der Waals surface area contributed by atoms with Crippen LogP contribution in [0.15, 0.2) is 12.3 Å². The van der Waals surface area contributed by atoms with Gasteiger partial charge in [-0.2, -0.15) is 0 Å². The van der Waals surface area contributed by atoms with Crippen LogP contribution in [0.25, 0.3) is 0 Å². The summed E-state index contributed by atoms with van der Waals surface area (Å²) >= 11 is 0. The average Bonchev–Trinajstić information content (AvgIpc) is 2.23. The molecule has 0 aromatic carbocycles. The van der Waals surface area contributed by atoms with E-state index in [4.69, 9.17) is 0 Å².